The van der Waals surface area contributed by atoms with E-state index in [9.17, 15) is 9.59 Å². The van der Waals surface area contributed by atoms with Gasteiger partial charge in [0, 0.05) is 19.4 Å². The number of carbonyl (C=O) groups excluding carboxylic acids is 2. The van der Waals surface area contributed by atoms with Crippen molar-refractivity contribution in [2.24, 2.45) is 11.7 Å². The van der Waals surface area contributed by atoms with E-state index < -0.39 is 6.03 Å². The molecule has 0 unspecified atom stereocenters. The molecule has 0 aliphatic carbocycles. The minimum atomic E-state index is -0.541. The maximum atomic E-state index is 11.7. The van der Waals surface area contributed by atoms with E-state index in [2.05, 4.69) is 34.7 Å². The fourth-order valence-corrected chi connectivity index (χ4v) is 2.51. The van der Waals surface area contributed by atoms with Crippen LogP contribution in [-0.4, -0.2) is 28.7 Å². The zero-order valence-corrected chi connectivity index (χ0v) is 12.6. The van der Waals surface area contributed by atoms with Crippen LogP contribution in [-0.2, 0) is 11.2 Å². The molecule has 0 aromatic carbocycles. The van der Waals surface area contributed by atoms with Gasteiger partial charge in [-0.2, -0.15) is 0 Å². The van der Waals surface area contributed by atoms with Crippen LogP contribution in [0.3, 0.4) is 0 Å². The summed E-state index contributed by atoms with van der Waals surface area (Å²) < 4.78 is 0. The number of unbranched alkanes of at least 4 members (excludes halogenated alkanes) is 1. The number of nitrogens with one attached hydrogen (secondary N) is 2. The molecule has 112 valence electrons. The molecule has 0 atom stereocenters. The van der Waals surface area contributed by atoms with Gasteiger partial charge in [0.15, 0.2) is 0 Å². The molecule has 0 spiro atoms. The fourth-order valence-electron chi connectivity index (χ4n) is 1.54. The smallest absolute Gasteiger partial charge is 0.312 e. The Morgan fingerprint density at radius 3 is 2.70 bits per heavy atom. The molecule has 0 bridgehead atoms. The highest BCUT2D eigenvalue weighted by atomic mass is 32.1. The molecule has 3 amide bonds. The lowest BCUT2D eigenvalue weighted by atomic mass is 10.1. The molecule has 0 saturated carbocycles. The molecule has 0 fully saturated rings. The van der Waals surface area contributed by atoms with Gasteiger partial charge in [-0.05, 0) is 18.8 Å². The Bertz CT molecular complexity index is 447. The maximum Gasteiger partial charge on any atom is 0.312 e. The Kier molecular flexibility index (Phi) is 6.92. The number of hydrogen-bond donors (Lipinski definition) is 3. The summed E-state index contributed by atoms with van der Waals surface area (Å²) in [4.78, 5) is 22.1. The van der Waals surface area contributed by atoms with Crippen LogP contribution in [0.15, 0.2) is 0 Å². The van der Waals surface area contributed by atoms with Crippen molar-refractivity contribution in [1.82, 2.24) is 15.5 Å². The Balaban J connectivity index is 2.21. The number of carbonyl (C=O) groups is 2. The zero-order chi connectivity index (χ0) is 15.0. The second kappa shape index (κ2) is 8.47. The van der Waals surface area contributed by atoms with Crippen LogP contribution < -0.4 is 16.4 Å². The maximum absolute atomic E-state index is 11.7. The quantitative estimate of drug-likeness (QED) is 0.632. The summed E-state index contributed by atoms with van der Waals surface area (Å²) in [5.41, 5.74) is 4.93. The van der Waals surface area contributed by atoms with Gasteiger partial charge in [-0.3, -0.25) is 4.79 Å². The molecular weight excluding hydrogens is 278 g/mol. The minimum Gasteiger partial charge on any atom is -0.352 e. The molecule has 0 aliphatic rings. The Morgan fingerprint density at radius 1 is 1.30 bits per heavy atom. The number of nitrogens with two attached hydrogens (primary N) is 1. The fraction of sp³-hybridized carbons (Fsp3) is 0.667. The number of primary amides is 1. The van der Waals surface area contributed by atoms with Crippen LogP contribution >= 0.6 is 11.3 Å². The summed E-state index contributed by atoms with van der Waals surface area (Å²) in [6, 6.07) is -0.541. The SMILES string of the molecule is CC(C)Cc1nnc(NC(=O)CCCCNC(N)=O)s1. The van der Waals surface area contributed by atoms with Gasteiger partial charge in [0.2, 0.25) is 11.0 Å². The predicted molar refractivity (Wildman–Crippen MR) is 78.5 cm³/mol. The van der Waals surface area contributed by atoms with E-state index in [4.69, 9.17) is 5.73 Å². The molecule has 1 aromatic rings. The topological polar surface area (TPSA) is 110 Å². The average Bonchev–Trinajstić information content (AvgIpc) is 2.74. The van der Waals surface area contributed by atoms with Crippen LogP contribution in [0.2, 0.25) is 0 Å². The van der Waals surface area contributed by atoms with Crippen molar-refractivity contribution in [3.63, 3.8) is 0 Å². The number of aromatic nitrogens is 2. The van der Waals surface area contributed by atoms with Gasteiger partial charge in [0.1, 0.15) is 5.01 Å². The van der Waals surface area contributed by atoms with Crippen molar-refractivity contribution >= 4 is 28.4 Å². The van der Waals surface area contributed by atoms with Crippen LogP contribution in [0.25, 0.3) is 0 Å². The molecule has 8 heteroatoms. The molecule has 4 N–H and O–H groups in total. The molecule has 20 heavy (non-hydrogen) atoms. The van der Waals surface area contributed by atoms with E-state index >= 15 is 0 Å². The summed E-state index contributed by atoms with van der Waals surface area (Å²) >= 11 is 1.41. The van der Waals surface area contributed by atoms with Gasteiger partial charge in [-0.25, -0.2) is 4.79 Å². The van der Waals surface area contributed by atoms with Crippen molar-refractivity contribution in [2.75, 3.05) is 11.9 Å². The van der Waals surface area contributed by atoms with E-state index in [0.29, 0.717) is 36.9 Å². The van der Waals surface area contributed by atoms with Crippen molar-refractivity contribution in [2.45, 2.75) is 39.5 Å². The highest BCUT2D eigenvalue weighted by Gasteiger charge is 2.09. The van der Waals surface area contributed by atoms with E-state index in [1.807, 2.05) is 0 Å². The van der Waals surface area contributed by atoms with E-state index in [1.54, 1.807) is 0 Å². The third kappa shape index (κ3) is 7.03. The zero-order valence-electron chi connectivity index (χ0n) is 11.8. The molecule has 0 saturated heterocycles. The second-order valence-corrected chi connectivity index (χ2v) is 5.96. The number of rotatable bonds is 8. The van der Waals surface area contributed by atoms with Crippen LogP contribution in [0.5, 0.6) is 0 Å². The van der Waals surface area contributed by atoms with Gasteiger partial charge >= 0.3 is 6.03 Å². The summed E-state index contributed by atoms with van der Waals surface area (Å²) in [6.45, 7) is 4.71. The molecule has 7 nitrogen and oxygen atoms in total. The number of hydrogen-bond acceptors (Lipinski definition) is 5. The lowest BCUT2D eigenvalue weighted by Crippen LogP contribution is -2.30. The number of amides is 3. The first-order valence-electron chi connectivity index (χ1n) is 6.63. The third-order valence-electron chi connectivity index (χ3n) is 2.43. The second-order valence-electron chi connectivity index (χ2n) is 4.90. The average molecular weight is 299 g/mol. The monoisotopic (exact) mass is 299 g/mol. The molecule has 0 aliphatic heterocycles. The summed E-state index contributed by atoms with van der Waals surface area (Å²) in [6.07, 6.45) is 2.65. The Morgan fingerprint density at radius 2 is 2.05 bits per heavy atom. The van der Waals surface area contributed by atoms with Crippen LogP contribution in [0.1, 0.15) is 38.1 Å². The molecule has 1 rings (SSSR count). The van der Waals surface area contributed by atoms with Crippen LogP contribution in [0.4, 0.5) is 9.93 Å². The van der Waals surface area contributed by atoms with Crippen molar-refractivity contribution < 1.29 is 9.59 Å². The Labute approximate surface area is 122 Å². The van der Waals surface area contributed by atoms with E-state index in [0.717, 1.165) is 11.4 Å². The van der Waals surface area contributed by atoms with Gasteiger partial charge in [0.25, 0.3) is 0 Å². The number of anilines is 1. The molecular formula is C12H21N5O2S. The first-order chi connectivity index (χ1) is 9.47. The number of urea groups is 1. The largest absolute Gasteiger partial charge is 0.352 e. The molecule has 0 radical (unpaired) electrons. The first-order valence-corrected chi connectivity index (χ1v) is 7.44. The van der Waals surface area contributed by atoms with Gasteiger partial charge < -0.3 is 16.4 Å². The van der Waals surface area contributed by atoms with Crippen molar-refractivity contribution in [3.05, 3.63) is 5.01 Å². The summed E-state index contributed by atoms with van der Waals surface area (Å²) in [7, 11) is 0. The summed E-state index contributed by atoms with van der Waals surface area (Å²) in [5.74, 6) is 0.431. The first kappa shape index (κ1) is 16.4. The highest BCUT2D eigenvalue weighted by molar-refractivity contribution is 7.15. The van der Waals surface area contributed by atoms with Gasteiger partial charge in [-0.15, -0.1) is 10.2 Å². The third-order valence-corrected chi connectivity index (χ3v) is 3.29. The van der Waals surface area contributed by atoms with Gasteiger partial charge in [-0.1, -0.05) is 25.2 Å². The summed E-state index contributed by atoms with van der Waals surface area (Å²) in [5, 5.41) is 14.7. The van der Waals surface area contributed by atoms with Crippen molar-refractivity contribution in [1.29, 1.82) is 0 Å². The molecule has 1 heterocycles. The van der Waals surface area contributed by atoms with Gasteiger partial charge in [0.05, 0.1) is 0 Å². The van der Waals surface area contributed by atoms with Crippen LogP contribution in [0, 0.1) is 5.92 Å². The van der Waals surface area contributed by atoms with E-state index in [-0.39, 0.29) is 5.91 Å². The predicted octanol–water partition coefficient (Wildman–Crippen LogP) is 1.51. The number of nitrogens with zero attached hydrogens (tertiary/aromatic N) is 2. The Hall–Kier alpha value is -1.70. The molecule has 1 aromatic heterocycles. The lowest BCUT2D eigenvalue weighted by Gasteiger charge is -2.02. The van der Waals surface area contributed by atoms with Crippen molar-refractivity contribution in [3.8, 4) is 0 Å². The lowest BCUT2D eigenvalue weighted by molar-refractivity contribution is -0.116. The highest BCUT2D eigenvalue weighted by Crippen LogP contribution is 2.18. The standard InChI is InChI=1S/C12H21N5O2S/c1-8(2)7-10-16-17-12(20-10)15-9(18)5-3-4-6-14-11(13)19/h8H,3-7H2,1-2H3,(H3,13,14,19)(H,15,17,18). The van der Waals surface area contributed by atoms with E-state index in [1.165, 1.54) is 11.3 Å². The normalized spacial score (nSPS) is 10.6. The minimum absolute atomic E-state index is 0.0867.